The summed E-state index contributed by atoms with van der Waals surface area (Å²) in [5.74, 6) is 0. The van der Waals surface area contributed by atoms with E-state index in [-0.39, 0.29) is 23.2 Å². The van der Waals surface area contributed by atoms with Gasteiger partial charge >= 0.3 is 6.09 Å². The van der Waals surface area contributed by atoms with Gasteiger partial charge in [-0.1, -0.05) is 20.8 Å². The number of rotatable bonds is 1. The van der Waals surface area contributed by atoms with Crippen LogP contribution in [-0.4, -0.2) is 54.5 Å². The van der Waals surface area contributed by atoms with Gasteiger partial charge in [0.05, 0.1) is 13.2 Å². The molecule has 0 saturated carbocycles. The van der Waals surface area contributed by atoms with Gasteiger partial charge in [0, 0.05) is 19.1 Å². The summed E-state index contributed by atoms with van der Waals surface area (Å²) in [6.07, 6.45) is 1.68. The van der Waals surface area contributed by atoms with Gasteiger partial charge in [0.2, 0.25) is 0 Å². The van der Waals surface area contributed by atoms with Crippen LogP contribution in [0.3, 0.4) is 0 Å². The van der Waals surface area contributed by atoms with E-state index < -0.39 is 5.60 Å². The highest BCUT2D eigenvalue weighted by molar-refractivity contribution is 5.68. The Morgan fingerprint density at radius 1 is 1.32 bits per heavy atom. The molecule has 1 spiro atoms. The van der Waals surface area contributed by atoms with Gasteiger partial charge in [0.25, 0.3) is 0 Å². The summed E-state index contributed by atoms with van der Waals surface area (Å²) in [5, 5.41) is 3.61. The lowest BCUT2D eigenvalue weighted by molar-refractivity contribution is -0.0962. The van der Waals surface area contributed by atoms with E-state index in [1.165, 1.54) is 0 Å². The minimum atomic E-state index is -0.455. The third kappa shape index (κ3) is 4.35. The predicted molar refractivity (Wildman–Crippen MR) is 87.0 cm³/mol. The molecule has 2 unspecified atom stereocenters. The molecule has 0 radical (unpaired) electrons. The van der Waals surface area contributed by atoms with Crippen molar-refractivity contribution in [1.29, 1.82) is 0 Å². The summed E-state index contributed by atoms with van der Waals surface area (Å²) in [4.78, 5) is 14.1. The van der Waals surface area contributed by atoms with E-state index in [9.17, 15) is 4.79 Å². The van der Waals surface area contributed by atoms with Crippen molar-refractivity contribution in [2.24, 2.45) is 5.41 Å². The van der Waals surface area contributed by atoms with Crippen molar-refractivity contribution >= 4 is 6.09 Å². The maximum Gasteiger partial charge on any atom is 0.410 e. The summed E-state index contributed by atoms with van der Waals surface area (Å²) >= 11 is 0. The molecule has 0 aromatic rings. The summed E-state index contributed by atoms with van der Waals surface area (Å²) in [5.41, 5.74) is -0.490. The lowest BCUT2D eigenvalue weighted by Gasteiger charge is -2.44. The van der Waals surface area contributed by atoms with Crippen molar-refractivity contribution in [1.82, 2.24) is 10.2 Å². The normalized spacial score (nSPS) is 29.9. The topological polar surface area (TPSA) is 50.8 Å². The van der Waals surface area contributed by atoms with E-state index >= 15 is 0 Å². The highest BCUT2D eigenvalue weighted by Gasteiger charge is 2.49. The lowest BCUT2D eigenvalue weighted by Crippen LogP contribution is -2.60. The van der Waals surface area contributed by atoms with E-state index in [0.717, 1.165) is 19.4 Å². The molecule has 0 bridgehead atoms. The molecule has 2 atom stereocenters. The van der Waals surface area contributed by atoms with Gasteiger partial charge in [-0.3, -0.25) is 0 Å². The highest BCUT2D eigenvalue weighted by Crippen LogP contribution is 2.36. The molecule has 128 valence electrons. The Morgan fingerprint density at radius 3 is 2.59 bits per heavy atom. The largest absolute Gasteiger partial charge is 0.444 e. The second-order valence-corrected chi connectivity index (χ2v) is 8.84. The van der Waals surface area contributed by atoms with Crippen LogP contribution in [0.4, 0.5) is 4.79 Å². The molecule has 5 heteroatoms. The minimum absolute atomic E-state index is 0.227. The van der Waals surface area contributed by atoms with Crippen LogP contribution in [0, 0.1) is 5.41 Å². The van der Waals surface area contributed by atoms with E-state index in [1.54, 1.807) is 4.90 Å². The second-order valence-electron chi connectivity index (χ2n) is 8.84. The molecule has 2 fully saturated rings. The highest BCUT2D eigenvalue weighted by atomic mass is 16.6. The molecule has 2 aliphatic rings. The van der Waals surface area contributed by atoms with Crippen molar-refractivity contribution < 1.29 is 14.3 Å². The number of carbonyl (C=O) groups excluding carboxylic acids is 1. The zero-order valence-electron chi connectivity index (χ0n) is 15.0. The number of hydrogen-bond acceptors (Lipinski definition) is 4. The number of ether oxygens (including phenoxy) is 2. The predicted octanol–water partition coefficient (Wildman–Crippen LogP) is 2.79. The zero-order valence-corrected chi connectivity index (χ0v) is 15.0. The number of carbonyl (C=O) groups is 1. The van der Waals surface area contributed by atoms with Crippen molar-refractivity contribution in [2.45, 2.75) is 71.6 Å². The Morgan fingerprint density at radius 2 is 2.00 bits per heavy atom. The summed E-state index contributed by atoms with van der Waals surface area (Å²) < 4.78 is 11.7. The first-order valence-corrected chi connectivity index (χ1v) is 8.36. The average Bonchev–Trinajstić information content (AvgIpc) is 2.74. The number of amides is 1. The number of hydrogen-bond donors (Lipinski definition) is 1. The Bertz CT molecular complexity index is 411. The number of likely N-dealkylation sites (tertiary alicyclic amines) is 1. The van der Waals surface area contributed by atoms with Crippen LogP contribution in [0.2, 0.25) is 0 Å². The second kappa shape index (κ2) is 6.00. The van der Waals surface area contributed by atoms with Gasteiger partial charge in [0.1, 0.15) is 11.2 Å². The summed E-state index contributed by atoms with van der Waals surface area (Å²) in [6.45, 7) is 15.4. The summed E-state index contributed by atoms with van der Waals surface area (Å²) in [6, 6.07) is 0.286. The molecule has 1 amide bonds. The van der Waals surface area contributed by atoms with E-state index in [2.05, 4.69) is 26.1 Å². The standard InChI is InChI=1S/C17H32N2O3/c1-15(2,3)11-13-17(21-10-8-18-13)7-9-19(12-17)14(20)22-16(4,5)6/h13,18H,7-12H2,1-6H3. The molecule has 0 aromatic heterocycles. The van der Waals surface area contributed by atoms with Crippen LogP contribution in [0.15, 0.2) is 0 Å². The Labute approximate surface area is 134 Å². The lowest BCUT2D eigenvalue weighted by atomic mass is 9.79. The third-order valence-electron chi connectivity index (χ3n) is 4.25. The fraction of sp³-hybridized carbons (Fsp3) is 0.941. The molecular weight excluding hydrogens is 280 g/mol. The van der Waals surface area contributed by atoms with Crippen molar-refractivity contribution in [3.63, 3.8) is 0 Å². The quantitative estimate of drug-likeness (QED) is 0.809. The van der Waals surface area contributed by atoms with E-state index in [0.29, 0.717) is 19.7 Å². The first kappa shape index (κ1) is 17.5. The van der Waals surface area contributed by atoms with Crippen LogP contribution in [0.25, 0.3) is 0 Å². The van der Waals surface area contributed by atoms with Gasteiger partial charge in [-0.25, -0.2) is 4.79 Å². The first-order chi connectivity index (χ1) is 10.0. The Hall–Kier alpha value is -0.810. The molecule has 0 aromatic carbocycles. The SMILES string of the molecule is CC(C)(C)CC1NCCOC12CCN(C(=O)OC(C)(C)C)C2. The molecule has 22 heavy (non-hydrogen) atoms. The Kier molecular flexibility index (Phi) is 4.79. The zero-order chi connectivity index (χ0) is 16.6. The number of nitrogens with one attached hydrogen (secondary N) is 1. The number of morpholine rings is 1. The first-order valence-electron chi connectivity index (χ1n) is 8.36. The maximum atomic E-state index is 12.3. The fourth-order valence-corrected chi connectivity index (χ4v) is 3.33. The maximum absolute atomic E-state index is 12.3. The molecule has 5 nitrogen and oxygen atoms in total. The van der Waals surface area contributed by atoms with Gasteiger partial charge < -0.3 is 19.7 Å². The smallest absolute Gasteiger partial charge is 0.410 e. The van der Waals surface area contributed by atoms with Crippen molar-refractivity contribution in [3.05, 3.63) is 0 Å². The Balaban J connectivity index is 2.05. The van der Waals surface area contributed by atoms with Gasteiger partial charge in [-0.2, -0.15) is 0 Å². The van der Waals surface area contributed by atoms with Crippen molar-refractivity contribution in [3.8, 4) is 0 Å². The van der Waals surface area contributed by atoms with Crippen LogP contribution in [-0.2, 0) is 9.47 Å². The van der Waals surface area contributed by atoms with E-state index in [4.69, 9.17) is 9.47 Å². The van der Waals surface area contributed by atoms with Crippen LogP contribution in [0.5, 0.6) is 0 Å². The molecule has 0 aliphatic carbocycles. The molecule has 1 N–H and O–H groups in total. The van der Waals surface area contributed by atoms with Crippen LogP contribution < -0.4 is 5.32 Å². The minimum Gasteiger partial charge on any atom is -0.444 e. The van der Waals surface area contributed by atoms with Gasteiger partial charge in [-0.05, 0) is 39.0 Å². The molecular formula is C17H32N2O3. The molecule has 2 rings (SSSR count). The number of nitrogens with zero attached hydrogens (tertiary/aromatic N) is 1. The molecule has 2 saturated heterocycles. The van der Waals surface area contributed by atoms with Gasteiger partial charge in [-0.15, -0.1) is 0 Å². The third-order valence-corrected chi connectivity index (χ3v) is 4.25. The fourth-order valence-electron chi connectivity index (χ4n) is 3.33. The molecule has 2 heterocycles. The van der Waals surface area contributed by atoms with Gasteiger partial charge in [0.15, 0.2) is 0 Å². The van der Waals surface area contributed by atoms with Crippen LogP contribution >= 0.6 is 0 Å². The summed E-state index contributed by atoms with van der Waals surface area (Å²) in [7, 11) is 0. The van der Waals surface area contributed by atoms with E-state index in [1.807, 2.05) is 20.8 Å². The van der Waals surface area contributed by atoms with Crippen molar-refractivity contribution in [2.75, 3.05) is 26.2 Å². The van der Waals surface area contributed by atoms with Crippen LogP contribution in [0.1, 0.15) is 54.4 Å². The monoisotopic (exact) mass is 312 g/mol. The molecule has 2 aliphatic heterocycles. The average molecular weight is 312 g/mol.